The highest BCUT2D eigenvalue weighted by molar-refractivity contribution is 5.88. The smallest absolute Gasteiger partial charge is 0.335 e. The van der Waals surface area contributed by atoms with E-state index in [0.717, 1.165) is 37.9 Å². The van der Waals surface area contributed by atoms with Crippen LogP contribution in [0.4, 0.5) is 0 Å². The second kappa shape index (κ2) is 6.66. The van der Waals surface area contributed by atoms with Crippen molar-refractivity contribution >= 4 is 5.97 Å². The van der Waals surface area contributed by atoms with E-state index in [1.807, 2.05) is 12.1 Å². The SMILES string of the molecule is O=C(O)c1ccc2c(c1)[C@@H](CNCc1cncnc1)CCC2. The topological polar surface area (TPSA) is 75.1 Å². The van der Waals surface area contributed by atoms with Gasteiger partial charge in [-0.1, -0.05) is 6.07 Å². The second-order valence-electron chi connectivity index (χ2n) is 5.69. The van der Waals surface area contributed by atoms with Crippen LogP contribution in [0, 0.1) is 0 Å². The third-order valence-corrected chi connectivity index (χ3v) is 4.17. The number of fused-ring (bicyclic) bond motifs is 1. The standard InChI is InChI=1S/C17H19N3O2/c21-17(22)14-5-4-13-2-1-3-15(16(13)6-14)10-18-7-12-8-19-11-20-9-12/h4-6,8-9,11,15,18H,1-3,7,10H2,(H,21,22)/t15-/m1/s1. The molecule has 1 aromatic heterocycles. The first-order valence-corrected chi connectivity index (χ1v) is 7.55. The molecule has 0 aliphatic heterocycles. The average molecular weight is 297 g/mol. The molecule has 0 saturated carbocycles. The van der Waals surface area contributed by atoms with Crippen LogP contribution in [0.1, 0.15) is 45.8 Å². The van der Waals surface area contributed by atoms with Gasteiger partial charge in [-0.2, -0.15) is 0 Å². The Labute approximate surface area is 129 Å². The number of aromatic nitrogens is 2. The first-order chi connectivity index (χ1) is 10.7. The number of rotatable bonds is 5. The molecular formula is C17H19N3O2. The zero-order valence-electron chi connectivity index (χ0n) is 12.3. The Bertz CT molecular complexity index is 658. The van der Waals surface area contributed by atoms with E-state index < -0.39 is 5.97 Å². The molecule has 0 amide bonds. The van der Waals surface area contributed by atoms with Crippen LogP contribution in [-0.2, 0) is 13.0 Å². The quantitative estimate of drug-likeness (QED) is 0.886. The number of hydrogen-bond acceptors (Lipinski definition) is 4. The van der Waals surface area contributed by atoms with Gasteiger partial charge in [-0.05, 0) is 48.4 Å². The molecule has 5 nitrogen and oxygen atoms in total. The Kier molecular flexibility index (Phi) is 4.44. The Balaban J connectivity index is 1.68. The third kappa shape index (κ3) is 3.31. The van der Waals surface area contributed by atoms with Gasteiger partial charge in [0.05, 0.1) is 5.56 Å². The predicted octanol–water partition coefficient (Wildman–Crippen LogP) is 2.38. The first-order valence-electron chi connectivity index (χ1n) is 7.55. The van der Waals surface area contributed by atoms with Crippen molar-refractivity contribution in [2.75, 3.05) is 6.54 Å². The summed E-state index contributed by atoms with van der Waals surface area (Å²) in [6.45, 7) is 1.57. The molecule has 0 radical (unpaired) electrons. The number of carboxylic acid groups (broad SMARTS) is 1. The van der Waals surface area contributed by atoms with E-state index in [1.165, 1.54) is 17.5 Å². The lowest BCUT2D eigenvalue weighted by molar-refractivity contribution is 0.0696. The molecule has 0 unspecified atom stereocenters. The van der Waals surface area contributed by atoms with E-state index >= 15 is 0 Å². The van der Waals surface area contributed by atoms with Crippen LogP contribution in [0.15, 0.2) is 36.9 Å². The van der Waals surface area contributed by atoms with E-state index in [2.05, 4.69) is 15.3 Å². The Hall–Kier alpha value is -2.27. The summed E-state index contributed by atoms with van der Waals surface area (Å²) >= 11 is 0. The van der Waals surface area contributed by atoms with Crippen molar-refractivity contribution in [1.82, 2.24) is 15.3 Å². The summed E-state index contributed by atoms with van der Waals surface area (Å²) < 4.78 is 0. The van der Waals surface area contributed by atoms with Crippen LogP contribution in [0.2, 0.25) is 0 Å². The van der Waals surface area contributed by atoms with Crippen LogP contribution in [-0.4, -0.2) is 27.6 Å². The minimum Gasteiger partial charge on any atom is -0.478 e. The molecule has 0 bridgehead atoms. The van der Waals surface area contributed by atoms with E-state index in [1.54, 1.807) is 18.5 Å². The molecule has 2 aromatic rings. The molecule has 1 atom stereocenters. The molecule has 114 valence electrons. The minimum atomic E-state index is -0.860. The van der Waals surface area contributed by atoms with Crippen molar-refractivity contribution in [3.63, 3.8) is 0 Å². The van der Waals surface area contributed by atoms with Crippen molar-refractivity contribution in [2.24, 2.45) is 0 Å². The molecular weight excluding hydrogens is 278 g/mol. The largest absolute Gasteiger partial charge is 0.478 e. The van der Waals surface area contributed by atoms with Gasteiger partial charge in [0.25, 0.3) is 0 Å². The normalized spacial score (nSPS) is 17.0. The van der Waals surface area contributed by atoms with Crippen LogP contribution in [0.3, 0.4) is 0 Å². The number of aryl methyl sites for hydroxylation is 1. The van der Waals surface area contributed by atoms with Gasteiger partial charge in [-0.3, -0.25) is 0 Å². The zero-order valence-corrected chi connectivity index (χ0v) is 12.3. The van der Waals surface area contributed by atoms with Crippen molar-refractivity contribution in [3.05, 3.63) is 59.2 Å². The van der Waals surface area contributed by atoms with Gasteiger partial charge < -0.3 is 10.4 Å². The zero-order chi connectivity index (χ0) is 15.4. The Morgan fingerprint density at radius 1 is 1.32 bits per heavy atom. The van der Waals surface area contributed by atoms with Crippen molar-refractivity contribution < 1.29 is 9.90 Å². The lowest BCUT2D eigenvalue weighted by Crippen LogP contribution is -2.24. The Morgan fingerprint density at radius 2 is 2.14 bits per heavy atom. The fourth-order valence-electron chi connectivity index (χ4n) is 3.05. The highest BCUT2D eigenvalue weighted by atomic mass is 16.4. The summed E-state index contributed by atoms with van der Waals surface area (Å²) in [5, 5.41) is 12.6. The minimum absolute atomic E-state index is 0.368. The van der Waals surface area contributed by atoms with Crippen LogP contribution >= 0.6 is 0 Å². The van der Waals surface area contributed by atoms with E-state index in [-0.39, 0.29) is 0 Å². The maximum Gasteiger partial charge on any atom is 0.335 e. The van der Waals surface area contributed by atoms with Crippen molar-refractivity contribution in [2.45, 2.75) is 31.7 Å². The molecule has 2 N–H and O–H groups in total. The molecule has 1 aromatic carbocycles. The summed E-state index contributed by atoms with van der Waals surface area (Å²) in [7, 11) is 0. The number of nitrogens with zero attached hydrogens (tertiary/aromatic N) is 2. The number of aromatic carboxylic acids is 1. The van der Waals surface area contributed by atoms with Gasteiger partial charge in [0, 0.05) is 31.0 Å². The fraction of sp³-hybridized carbons (Fsp3) is 0.353. The number of carbonyl (C=O) groups is 1. The second-order valence-corrected chi connectivity index (χ2v) is 5.69. The number of nitrogens with one attached hydrogen (secondary N) is 1. The molecule has 1 aliphatic rings. The van der Waals surface area contributed by atoms with Gasteiger partial charge in [0.2, 0.25) is 0 Å². The number of hydrogen-bond donors (Lipinski definition) is 2. The van der Waals surface area contributed by atoms with Crippen molar-refractivity contribution in [1.29, 1.82) is 0 Å². The third-order valence-electron chi connectivity index (χ3n) is 4.17. The van der Waals surface area contributed by atoms with Gasteiger partial charge in [-0.15, -0.1) is 0 Å². The lowest BCUT2D eigenvalue weighted by atomic mass is 9.82. The van der Waals surface area contributed by atoms with Gasteiger partial charge >= 0.3 is 5.97 Å². The summed E-state index contributed by atoms with van der Waals surface area (Å²) in [5.74, 6) is -0.491. The van der Waals surface area contributed by atoms with Crippen LogP contribution < -0.4 is 5.32 Å². The summed E-state index contributed by atoms with van der Waals surface area (Å²) in [6.07, 6.45) is 8.41. The van der Waals surface area contributed by atoms with E-state index in [0.29, 0.717) is 11.5 Å². The summed E-state index contributed by atoms with van der Waals surface area (Å²) in [4.78, 5) is 19.2. The highest BCUT2D eigenvalue weighted by Gasteiger charge is 2.21. The van der Waals surface area contributed by atoms with E-state index in [4.69, 9.17) is 5.11 Å². The fourth-order valence-corrected chi connectivity index (χ4v) is 3.05. The summed E-state index contributed by atoms with van der Waals surface area (Å²) in [5.41, 5.74) is 3.90. The average Bonchev–Trinajstić information content (AvgIpc) is 2.55. The lowest BCUT2D eigenvalue weighted by Gasteiger charge is -2.26. The monoisotopic (exact) mass is 297 g/mol. The van der Waals surface area contributed by atoms with Crippen LogP contribution in [0.25, 0.3) is 0 Å². The molecule has 5 heteroatoms. The van der Waals surface area contributed by atoms with Gasteiger partial charge in [-0.25, -0.2) is 14.8 Å². The van der Waals surface area contributed by atoms with Gasteiger partial charge in [0.1, 0.15) is 6.33 Å². The van der Waals surface area contributed by atoms with Crippen LogP contribution in [0.5, 0.6) is 0 Å². The molecule has 0 fully saturated rings. The number of carboxylic acids is 1. The molecule has 0 saturated heterocycles. The summed E-state index contributed by atoms with van der Waals surface area (Å²) in [6, 6.07) is 5.52. The van der Waals surface area contributed by atoms with E-state index in [9.17, 15) is 4.79 Å². The number of benzene rings is 1. The molecule has 1 aliphatic carbocycles. The Morgan fingerprint density at radius 3 is 2.91 bits per heavy atom. The maximum absolute atomic E-state index is 11.2. The molecule has 3 rings (SSSR count). The highest BCUT2D eigenvalue weighted by Crippen LogP contribution is 2.32. The van der Waals surface area contributed by atoms with Gasteiger partial charge in [0.15, 0.2) is 0 Å². The molecule has 22 heavy (non-hydrogen) atoms. The molecule has 1 heterocycles. The first kappa shape index (κ1) is 14.7. The maximum atomic E-state index is 11.2. The molecule has 0 spiro atoms. The van der Waals surface area contributed by atoms with Crippen molar-refractivity contribution in [3.8, 4) is 0 Å². The predicted molar refractivity (Wildman–Crippen MR) is 82.8 cm³/mol.